The second-order valence-corrected chi connectivity index (χ2v) is 6.68. The van der Waals surface area contributed by atoms with Crippen LogP contribution in [0.5, 0.6) is 0 Å². The summed E-state index contributed by atoms with van der Waals surface area (Å²) in [5, 5.41) is 0. The third-order valence-corrected chi connectivity index (χ3v) is 4.58. The monoisotopic (exact) mass is 364 g/mol. The maximum absolute atomic E-state index is 13.2. The molecule has 0 amide bonds. The molecule has 0 aliphatic rings. The third kappa shape index (κ3) is 4.01. The zero-order chi connectivity index (χ0) is 18.1. The Bertz CT molecular complexity index is 889. The molecule has 1 aromatic carbocycles. The van der Waals surface area contributed by atoms with E-state index in [-0.39, 0.29) is 0 Å². The van der Waals surface area contributed by atoms with Crippen molar-refractivity contribution in [2.24, 2.45) is 7.05 Å². The number of halogens is 4. The highest BCUT2D eigenvalue weighted by atomic mass is 32.2. The van der Waals surface area contributed by atoms with Crippen molar-refractivity contribution in [1.29, 1.82) is 0 Å². The molecule has 5 nitrogen and oxygen atoms in total. The van der Waals surface area contributed by atoms with Gasteiger partial charge >= 0.3 is 6.18 Å². The number of aromatic nitrogens is 1. The fraction of sp³-hybridized carbons (Fsp3) is 0.214. The minimum Gasteiger partial charge on any atom is -0.317 e. The summed E-state index contributed by atoms with van der Waals surface area (Å²) in [4.78, 5) is 10.8. The van der Waals surface area contributed by atoms with Crippen LogP contribution in [0.15, 0.2) is 52.3 Å². The lowest BCUT2D eigenvalue weighted by molar-refractivity contribution is -0.153. The van der Waals surface area contributed by atoms with E-state index >= 15 is 0 Å². The summed E-state index contributed by atoms with van der Waals surface area (Å²) >= 11 is 0. The standard InChI is InChI=1S/C14H12F4N2O3S/c1-20-8-11(6-7-12(20)21)24(22,23)19-13(14(16,17)18)9-2-4-10(15)5-3-9/h2-8,13,19H,1H3/t13-/m1/s1. The van der Waals surface area contributed by atoms with Crippen LogP contribution < -0.4 is 10.3 Å². The molecule has 0 aliphatic carbocycles. The van der Waals surface area contributed by atoms with E-state index in [4.69, 9.17) is 0 Å². The average molecular weight is 364 g/mol. The lowest BCUT2D eigenvalue weighted by Gasteiger charge is -2.22. The zero-order valence-corrected chi connectivity index (χ0v) is 13.0. The normalized spacial score (nSPS) is 13.7. The number of hydrogen-bond acceptors (Lipinski definition) is 3. The van der Waals surface area contributed by atoms with Gasteiger partial charge in [0.25, 0.3) is 0 Å². The van der Waals surface area contributed by atoms with E-state index < -0.39 is 44.1 Å². The highest BCUT2D eigenvalue weighted by Gasteiger charge is 2.43. The van der Waals surface area contributed by atoms with Crippen molar-refractivity contribution in [1.82, 2.24) is 9.29 Å². The zero-order valence-electron chi connectivity index (χ0n) is 12.2. The van der Waals surface area contributed by atoms with Crippen LogP contribution in [0.3, 0.4) is 0 Å². The average Bonchev–Trinajstić information content (AvgIpc) is 2.47. The van der Waals surface area contributed by atoms with Crippen molar-refractivity contribution in [2.75, 3.05) is 0 Å². The number of pyridine rings is 1. The third-order valence-electron chi connectivity index (χ3n) is 3.17. The Labute approximate surface area is 134 Å². The fourth-order valence-corrected chi connectivity index (χ4v) is 3.19. The number of hydrogen-bond donors (Lipinski definition) is 1. The highest BCUT2D eigenvalue weighted by Crippen LogP contribution is 2.34. The molecule has 1 N–H and O–H groups in total. The van der Waals surface area contributed by atoms with Crippen LogP contribution >= 0.6 is 0 Å². The number of nitrogens with one attached hydrogen (secondary N) is 1. The molecule has 1 atom stereocenters. The lowest BCUT2D eigenvalue weighted by Crippen LogP contribution is -2.38. The van der Waals surface area contributed by atoms with Crippen LogP contribution in [0.1, 0.15) is 11.6 Å². The fourth-order valence-electron chi connectivity index (χ4n) is 1.93. The molecule has 24 heavy (non-hydrogen) atoms. The summed E-state index contributed by atoms with van der Waals surface area (Å²) in [6.45, 7) is 0. The van der Waals surface area contributed by atoms with Crippen LogP contribution in [0.2, 0.25) is 0 Å². The molecule has 0 saturated carbocycles. The van der Waals surface area contributed by atoms with Crippen molar-refractivity contribution in [2.45, 2.75) is 17.1 Å². The molecule has 0 spiro atoms. The Morgan fingerprint density at radius 2 is 1.67 bits per heavy atom. The molecular weight excluding hydrogens is 352 g/mol. The second kappa shape index (κ2) is 6.36. The maximum atomic E-state index is 13.2. The Hall–Kier alpha value is -2.20. The van der Waals surface area contributed by atoms with Gasteiger partial charge < -0.3 is 4.57 Å². The van der Waals surface area contributed by atoms with Crippen LogP contribution in [-0.2, 0) is 17.1 Å². The molecule has 2 aromatic rings. The van der Waals surface area contributed by atoms with Crippen molar-refractivity contribution in [3.63, 3.8) is 0 Å². The molecule has 130 valence electrons. The van der Waals surface area contributed by atoms with E-state index in [0.29, 0.717) is 0 Å². The minimum absolute atomic E-state index is 0.461. The predicted molar refractivity (Wildman–Crippen MR) is 77.2 cm³/mol. The number of nitrogens with zero attached hydrogens (tertiary/aromatic N) is 1. The summed E-state index contributed by atoms with van der Waals surface area (Å²) in [7, 11) is -3.30. The molecule has 0 fully saturated rings. The van der Waals surface area contributed by atoms with E-state index in [1.165, 1.54) is 7.05 Å². The number of alkyl halides is 3. The van der Waals surface area contributed by atoms with Gasteiger partial charge in [0.2, 0.25) is 15.6 Å². The molecule has 0 radical (unpaired) electrons. The van der Waals surface area contributed by atoms with Crippen LogP contribution in [0, 0.1) is 5.82 Å². The Morgan fingerprint density at radius 3 is 2.17 bits per heavy atom. The molecule has 0 bridgehead atoms. The van der Waals surface area contributed by atoms with Gasteiger partial charge in [-0.2, -0.15) is 17.9 Å². The number of sulfonamides is 1. The maximum Gasteiger partial charge on any atom is 0.408 e. The largest absolute Gasteiger partial charge is 0.408 e. The molecular formula is C14H12F4N2O3S. The van der Waals surface area contributed by atoms with E-state index in [9.17, 15) is 30.8 Å². The number of rotatable bonds is 4. The summed E-state index contributed by atoms with van der Waals surface area (Å²) < 4.78 is 79.4. The van der Waals surface area contributed by atoms with Gasteiger partial charge in [-0.1, -0.05) is 12.1 Å². The van der Waals surface area contributed by atoms with E-state index in [1.54, 1.807) is 4.72 Å². The predicted octanol–water partition coefficient (Wildman–Crippen LogP) is 2.11. The smallest absolute Gasteiger partial charge is 0.317 e. The molecule has 0 unspecified atom stereocenters. The lowest BCUT2D eigenvalue weighted by atomic mass is 10.1. The molecule has 1 aromatic heterocycles. The molecule has 10 heteroatoms. The Kier molecular flexibility index (Phi) is 4.81. The second-order valence-electron chi connectivity index (χ2n) is 4.96. The van der Waals surface area contributed by atoms with Gasteiger partial charge in [0.05, 0.1) is 4.90 Å². The van der Waals surface area contributed by atoms with Crippen molar-refractivity contribution < 1.29 is 26.0 Å². The highest BCUT2D eigenvalue weighted by molar-refractivity contribution is 7.89. The van der Waals surface area contributed by atoms with Crippen molar-refractivity contribution in [3.8, 4) is 0 Å². The molecule has 2 rings (SSSR count). The topological polar surface area (TPSA) is 68.2 Å². The van der Waals surface area contributed by atoms with E-state index in [0.717, 1.165) is 47.2 Å². The molecule has 0 aliphatic heterocycles. The van der Waals surface area contributed by atoms with Gasteiger partial charge in [-0.05, 0) is 23.8 Å². The first kappa shape index (κ1) is 18.1. The SMILES string of the molecule is Cn1cc(S(=O)(=O)N[C@H](c2ccc(F)cc2)C(F)(F)F)ccc1=O. The molecule has 1 heterocycles. The van der Waals surface area contributed by atoms with Crippen LogP contribution in [0.4, 0.5) is 17.6 Å². The van der Waals surface area contributed by atoms with E-state index in [2.05, 4.69) is 0 Å². The Balaban J connectivity index is 2.43. The van der Waals surface area contributed by atoms with Gasteiger partial charge in [-0.25, -0.2) is 12.8 Å². The first-order chi connectivity index (χ1) is 11.0. The van der Waals surface area contributed by atoms with Gasteiger partial charge in [-0.3, -0.25) is 4.79 Å². The van der Waals surface area contributed by atoms with Crippen molar-refractivity contribution in [3.05, 3.63) is 64.3 Å². The summed E-state index contributed by atoms with van der Waals surface area (Å²) in [6, 6.07) is 2.56. The summed E-state index contributed by atoms with van der Waals surface area (Å²) in [6.07, 6.45) is -4.03. The van der Waals surface area contributed by atoms with Gasteiger partial charge in [-0.15, -0.1) is 0 Å². The molecule has 0 saturated heterocycles. The quantitative estimate of drug-likeness (QED) is 0.845. The minimum atomic E-state index is -4.94. The Morgan fingerprint density at radius 1 is 1.08 bits per heavy atom. The summed E-state index contributed by atoms with van der Waals surface area (Å²) in [5.74, 6) is -0.749. The van der Waals surface area contributed by atoms with Gasteiger partial charge in [0, 0.05) is 19.3 Å². The number of aryl methyl sites for hydroxylation is 1. The summed E-state index contributed by atoms with van der Waals surface area (Å²) in [5.41, 5.74) is -0.975. The van der Waals surface area contributed by atoms with Crippen molar-refractivity contribution >= 4 is 10.0 Å². The first-order valence-corrected chi connectivity index (χ1v) is 8.00. The van der Waals surface area contributed by atoms with Crippen LogP contribution in [-0.4, -0.2) is 19.2 Å². The van der Waals surface area contributed by atoms with Crippen LogP contribution in [0.25, 0.3) is 0 Å². The van der Waals surface area contributed by atoms with E-state index in [1.807, 2.05) is 0 Å². The first-order valence-electron chi connectivity index (χ1n) is 6.52. The van der Waals surface area contributed by atoms with Gasteiger partial charge in [0.15, 0.2) is 0 Å². The van der Waals surface area contributed by atoms with Gasteiger partial charge in [0.1, 0.15) is 11.9 Å². The number of benzene rings is 1.